The van der Waals surface area contributed by atoms with Crippen LogP contribution in [0.25, 0.3) is 0 Å². The molecule has 0 spiro atoms. The van der Waals surface area contributed by atoms with Gasteiger partial charge in [-0.1, -0.05) is 26.1 Å². The summed E-state index contributed by atoms with van der Waals surface area (Å²) in [6, 6.07) is -0.377. The van der Waals surface area contributed by atoms with E-state index >= 15 is 0 Å². The second-order valence-corrected chi connectivity index (χ2v) is 5.67. The summed E-state index contributed by atoms with van der Waals surface area (Å²) in [7, 11) is 0. The van der Waals surface area contributed by atoms with E-state index in [1.54, 1.807) is 11.8 Å². The number of piperidine rings is 1. The van der Waals surface area contributed by atoms with Crippen LogP contribution < -0.4 is 0 Å². The summed E-state index contributed by atoms with van der Waals surface area (Å²) in [6.07, 6.45) is 3.09. The van der Waals surface area contributed by atoms with E-state index in [1.807, 2.05) is 13.8 Å². The molecule has 1 aliphatic heterocycles. The van der Waals surface area contributed by atoms with Gasteiger partial charge in [-0.05, 0) is 32.1 Å². The van der Waals surface area contributed by atoms with Gasteiger partial charge in [-0.15, -0.1) is 0 Å². The van der Waals surface area contributed by atoms with E-state index in [1.165, 1.54) is 0 Å². The van der Waals surface area contributed by atoms with Crippen molar-refractivity contribution in [1.82, 2.24) is 4.90 Å². The molecule has 0 aromatic rings. The van der Waals surface area contributed by atoms with Gasteiger partial charge in [0.15, 0.2) is 5.78 Å². The lowest BCUT2D eigenvalue weighted by Crippen LogP contribution is -2.50. The van der Waals surface area contributed by atoms with E-state index in [4.69, 9.17) is 17.0 Å². The fourth-order valence-corrected chi connectivity index (χ4v) is 2.58. The van der Waals surface area contributed by atoms with Crippen LogP contribution in [0.4, 0.5) is 0 Å². The Balaban J connectivity index is 2.73. The Bertz CT molecular complexity index is 355. The van der Waals surface area contributed by atoms with Gasteiger partial charge in [-0.3, -0.25) is 4.79 Å². The smallest absolute Gasteiger partial charge is 0.328 e. The van der Waals surface area contributed by atoms with E-state index < -0.39 is 0 Å². The van der Waals surface area contributed by atoms with E-state index in [0.717, 1.165) is 12.8 Å². The van der Waals surface area contributed by atoms with E-state index in [-0.39, 0.29) is 23.7 Å². The number of nitrogens with zero attached hydrogens (tertiary/aromatic N) is 1. The Morgan fingerprint density at radius 3 is 2.63 bits per heavy atom. The molecule has 5 heteroatoms. The number of thiocarbonyl (C=S) groups is 1. The van der Waals surface area contributed by atoms with Crippen molar-refractivity contribution in [3.8, 4) is 0 Å². The molecular formula is C14H23NO3S. The van der Waals surface area contributed by atoms with Crippen LogP contribution in [-0.4, -0.2) is 40.8 Å². The normalized spacial score (nSPS) is 19.4. The summed E-state index contributed by atoms with van der Waals surface area (Å²) < 4.78 is 5.07. The SMILES string of the molecule is CCOC(=O)C1CCCCN1C(=S)C(=O)CC(C)C. The Hall–Kier alpha value is -0.970. The summed E-state index contributed by atoms with van der Waals surface area (Å²) in [5.74, 6) is -0.0284. The summed E-state index contributed by atoms with van der Waals surface area (Å²) in [4.78, 5) is 26.0. The molecule has 0 radical (unpaired) electrons. The molecule has 0 saturated carbocycles. The largest absolute Gasteiger partial charge is 0.464 e. The number of ketones is 1. The van der Waals surface area contributed by atoms with Crippen molar-refractivity contribution in [2.24, 2.45) is 5.92 Å². The third-order valence-electron chi connectivity index (χ3n) is 3.15. The van der Waals surface area contributed by atoms with Gasteiger partial charge in [-0.2, -0.15) is 0 Å². The molecule has 0 bridgehead atoms. The highest BCUT2D eigenvalue weighted by molar-refractivity contribution is 7.82. The van der Waals surface area contributed by atoms with Gasteiger partial charge >= 0.3 is 5.97 Å². The number of likely N-dealkylation sites (tertiary alicyclic amines) is 1. The minimum Gasteiger partial charge on any atom is -0.464 e. The Morgan fingerprint density at radius 1 is 1.37 bits per heavy atom. The zero-order chi connectivity index (χ0) is 14.4. The number of rotatable bonds is 5. The second kappa shape index (κ2) is 7.58. The number of hydrogen-bond donors (Lipinski definition) is 0. The van der Waals surface area contributed by atoms with Crippen LogP contribution in [0, 0.1) is 5.92 Å². The average molecular weight is 285 g/mol. The Kier molecular flexibility index (Phi) is 6.42. The molecule has 108 valence electrons. The van der Waals surface area contributed by atoms with Gasteiger partial charge in [0, 0.05) is 13.0 Å². The molecule has 1 atom stereocenters. The van der Waals surface area contributed by atoms with Crippen LogP contribution in [0.2, 0.25) is 0 Å². The van der Waals surface area contributed by atoms with Crippen LogP contribution in [0.1, 0.15) is 46.5 Å². The summed E-state index contributed by atoms with van der Waals surface area (Å²) >= 11 is 5.26. The second-order valence-electron chi connectivity index (χ2n) is 5.28. The molecule has 1 saturated heterocycles. The standard InChI is InChI=1S/C14H23NO3S/c1-4-18-14(17)11-7-5-6-8-15(11)13(19)12(16)9-10(2)3/h10-11H,4-9H2,1-3H3. The minimum atomic E-state index is -0.377. The van der Waals surface area contributed by atoms with Crippen molar-refractivity contribution in [3.05, 3.63) is 0 Å². The van der Waals surface area contributed by atoms with E-state index in [0.29, 0.717) is 31.0 Å². The van der Waals surface area contributed by atoms with Gasteiger partial charge in [0.2, 0.25) is 0 Å². The van der Waals surface area contributed by atoms with Crippen molar-refractivity contribution >= 4 is 29.0 Å². The van der Waals surface area contributed by atoms with Crippen molar-refractivity contribution in [2.45, 2.75) is 52.5 Å². The molecule has 0 aliphatic carbocycles. The third-order valence-corrected chi connectivity index (χ3v) is 3.62. The Morgan fingerprint density at radius 2 is 2.05 bits per heavy atom. The number of Topliss-reactive ketones (excluding diaryl/α,β-unsaturated/α-hetero) is 1. The number of hydrogen-bond acceptors (Lipinski definition) is 4. The topological polar surface area (TPSA) is 46.6 Å². The van der Waals surface area contributed by atoms with Crippen LogP contribution >= 0.6 is 12.2 Å². The number of carbonyl (C=O) groups is 2. The van der Waals surface area contributed by atoms with Crippen LogP contribution in [0.15, 0.2) is 0 Å². The molecule has 0 amide bonds. The molecule has 0 aromatic carbocycles. The lowest BCUT2D eigenvalue weighted by Gasteiger charge is -2.35. The van der Waals surface area contributed by atoms with Crippen molar-refractivity contribution < 1.29 is 14.3 Å². The molecule has 1 aliphatic rings. The zero-order valence-corrected chi connectivity index (χ0v) is 12.8. The molecule has 1 rings (SSSR count). The fraction of sp³-hybridized carbons (Fsp3) is 0.786. The molecule has 4 nitrogen and oxygen atoms in total. The maximum Gasteiger partial charge on any atom is 0.328 e. The van der Waals surface area contributed by atoms with Gasteiger partial charge in [0.05, 0.1) is 6.61 Å². The molecule has 1 unspecified atom stereocenters. The first-order valence-corrected chi connectivity index (χ1v) is 7.38. The highest BCUT2D eigenvalue weighted by Gasteiger charge is 2.33. The number of esters is 1. The molecule has 19 heavy (non-hydrogen) atoms. The maximum atomic E-state index is 12.0. The predicted molar refractivity (Wildman–Crippen MR) is 78.0 cm³/mol. The van der Waals surface area contributed by atoms with E-state index in [9.17, 15) is 9.59 Å². The minimum absolute atomic E-state index is 0.0406. The first kappa shape index (κ1) is 16.1. The van der Waals surface area contributed by atoms with Crippen LogP contribution in [0.5, 0.6) is 0 Å². The van der Waals surface area contributed by atoms with Crippen LogP contribution in [-0.2, 0) is 14.3 Å². The molecular weight excluding hydrogens is 262 g/mol. The van der Waals surface area contributed by atoms with Gasteiger partial charge in [-0.25, -0.2) is 4.79 Å². The molecule has 0 aromatic heterocycles. The van der Waals surface area contributed by atoms with Crippen LogP contribution in [0.3, 0.4) is 0 Å². The van der Waals surface area contributed by atoms with E-state index in [2.05, 4.69) is 0 Å². The summed E-state index contributed by atoms with van der Waals surface area (Å²) in [6.45, 7) is 6.79. The summed E-state index contributed by atoms with van der Waals surface area (Å²) in [5.41, 5.74) is 0. The third kappa shape index (κ3) is 4.56. The monoisotopic (exact) mass is 285 g/mol. The van der Waals surface area contributed by atoms with Gasteiger partial charge in [0.25, 0.3) is 0 Å². The fourth-order valence-electron chi connectivity index (χ4n) is 2.28. The number of carbonyl (C=O) groups excluding carboxylic acids is 2. The quantitative estimate of drug-likeness (QED) is 0.573. The first-order chi connectivity index (χ1) is 8.97. The van der Waals surface area contributed by atoms with Crippen molar-refractivity contribution in [3.63, 3.8) is 0 Å². The highest BCUT2D eigenvalue weighted by Crippen LogP contribution is 2.20. The van der Waals surface area contributed by atoms with Gasteiger partial charge < -0.3 is 9.64 Å². The highest BCUT2D eigenvalue weighted by atomic mass is 32.1. The Labute approximate surface area is 120 Å². The lowest BCUT2D eigenvalue weighted by molar-refractivity contribution is -0.149. The first-order valence-electron chi connectivity index (χ1n) is 6.97. The zero-order valence-electron chi connectivity index (χ0n) is 12.0. The molecule has 0 N–H and O–H groups in total. The van der Waals surface area contributed by atoms with Gasteiger partial charge in [0.1, 0.15) is 11.0 Å². The average Bonchev–Trinajstić information content (AvgIpc) is 2.37. The van der Waals surface area contributed by atoms with Crippen molar-refractivity contribution in [2.75, 3.05) is 13.2 Å². The predicted octanol–water partition coefficient (Wildman–Crippen LogP) is 2.35. The molecule has 1 heterocycles. The van der Waals surface area contributed by atoms with Crippen molar-refractivity contribution in [1.29, 1.82) is 0 Å². The molecule has 1 fully saturated rings. The summed E-state index contributed by atoms with van der Waals surface area (Å²) in [5, 5.41) is 0. The lowest BCUT2D eigenvalue weighted by atomic mass is 10.00. The maximum absolute atomic E-state index is 12.0. The number of ether oxygens (including phenoxy) is 1.